The Balaban J connectivity index is 1.74. The van der Waals surface area contributed by atoms with Crippen molar-refractivity contribution in [3.8, 4) is 10.6 Å². The lowest BCUT2D eigenvalue weighted by molar-refractivity contribution is 0.662. The van der Waals surface area contributed by atoms with E-state index in [1.54, 1.807) is 23.1 Å². The molecule has 4 nitrogen and oxygen atoms in total. The molecular weight excluding hydrogens is 336 g/mol. The van der Waals surface area contributed by atoms with E-state index >= 15 is 0 Å². The Morgan fingerprint density at radius 2 is 2.09 bits per heavy atom. The smallest absolute Gasteiger partial charge is 0.191 e. The minimum absolute atomic E-state index is 0.734. The van der Waals surface area contributed by atoms with Crippen LogP contribution in [0, 0.1) is 6.92 Å². The molecule has 2 heterocycles. The Labute approximate surface area is 142 Å². The third-order valence-corrected chi connectivity index (χ3v) is 5.48. The Morgan fingerprint density at radius 3 is 2.86 bits per heavy atom. The van der Waals surface area contributed by atoms with Crippen LogP contribution in [0.3, 0.4) is 0 Å². The molecule has 114 valence electrons. The summed E-state index contributed by atoms with van der Waals surface area (Å²) in [6.07, 6.45) is 0. The molecule has 0 spiro atoms. The molecule has 2 aromatic heterocycles. The van der Waals surface area contributed by atoms with E-state index in [1.807, 2.05) is 31.2 Å². The van der Waals surface area contributed by atoms with Gasteiger partial charge in [-0.3, -0.25) is 0 Å². The molecule has 3 aromatic rings. The number of halogens is 1. The van der Waals surface area contributed by atoms with E-state index in [2.05, 4.69) is 32.1 Å². The van der Waals surface area contributed by atoms with Crippen LogP contribution >= 0.6 is 34.7 Å². The van der Waals surface area contributed by atoms with Crippen molar-refractivity contribution in [1.82, 2.24) is 19.7 Å². The molecule has 0 aliphatic rings. The number of rotatable bonds is 5. The number of hydrogen-bond donors (Lipinski definition) is 0. The molecule has 0 N–H and O–H groups in total. The zero-order chi connectivity index (χ0) is 15.5. The van der Waals surface area contributed by atoms with Gasteiger partial charge in [-0.2, -0.15) is 0 Å². The first-order valence-electron chi connectivity index (χ1n) is 6.91. The van der Waals surface area contributed by atoms with E-state index in [-0.39, 0.29) is 0 Å². The molecule has 1 aromatic carbocycles. The first-order valence-corrected chi connectivity index (χ1v) is 9.15. The molecule has 7 heteroatoms. The van der Waals surface area contributed by atoms with Crippen LogP contribution in [0.25, 0.3) is 10.6 Å². The Hall–Kier alpha value is -1.37. The molecule has 0 fully saturated rings. The van der Waals surface area contributed by atoms with Crippen LogP contribution in [0.1, 0.15) is 18.4 Å². The van der Waals surface area contributed by atoms with E-state index in [1.165, 1.54) is 0 Å². The summed E-state index contributed by atoms with van der Waals surface area (Å²) in [7, 11) is 0. The van der Waals surface area contributed by atoms with E-state index in [9.17, 15) is 0 Å². The Kier molecular flexibility index (Phi) is 4.81. The zero-order valence-electron chi connectivity index (χ0n) is 12.3. The highest BCUT2D eigenvalue weighted by Crippen LogP contribution is 2.31. The van der Waals surface area contributed by atoms with Crippen LogP contribution in [-0.2, 0) is 12.3 Å². The monoisotopic (exact) mass is 350 g/mol. The number of nitrogens with zero attached hydrogens (tertiary/aromatic N) is 4. The van der Waals surface area contributed by atoms with E-state index in [0.717, 1.165) is 44.6 Å². The molecule has 0 atom stereocenters. The molecule has 0 radical (unpaired) electrons. The third kappa shape index (κ3) is 3.19. The average Bonchev–Trinajstić information content (AvgIpc) is 3.12. The van der Waals surface area contributed by atoms with Gasteiger partial charge in [0, 0.05) is 23.2 Å². The number of aromatic nitrogens is 4. The normalized spacial score (nSPS) is 11.0. The van der Waals surface area contributed by atoms with E-state index < -0.39 is 0 Å². The second-order valence-electron chi connectivity index (χ2n) is 4.69. The molecule has 0 amide bonds. The number of thiazole rings is 1. The minimum atomic E-state index is 0.734. The summed E-state index contributed by atoms with van der Waals surface area (Å²) in [6.45, 7) is 4.95. The van der Waals surface area contributed by atoms with Gasteiger partial charge in [0.25, 0.3) is 0 Å². The predicted molar refractivity (Wildman–Crippen MR) is 92.6 cm³/mol. The van der Waals surface area contributed by atoms with Gasteiger partial charge in [-0.15, -0.1) is 21.5 Å². The quantitative estimate of drug-likeness (QED) is 0.627. The first kappa shape index (κ1) is 15.5. The fourth-order valence-electron chi connectivity index (χ4n) is 2.10. The molecule has 0 aliphatic carbocycles. The first-order chi connectivity index (χ1) is 10.7. The standard InChI is InChI=1S/C15H15ClN4S2/c1-3-20-10(2)18-19-15(20)22-9-11-8-21-14(17-11)12-6-4-5-7-13(12)16/h4-8H,3,9H2,1-2H3. The van der Waals surface area contributed by atoms with Gasteiger partial charge in [-0.05, 0) is 19.9 Å². The zero-order valence-corrected chi connectivity index (χ0v) is 14.7. The van der Waals surface area contributed by atoms with E-state index in [4.69, 9.17) is 11.6 Å². The van der Waals surface area contributed by atoms with Crippen LogP contribution < -0.4 is 0 Å². The lowest BCUT2D eigenvalue weighted by atomic mass is 10.2. The number of benzene rings is 1. The van der Waals surface area contributed by atoms with Gasteiger partial charge in [-0.1, -0.05) is 41.6 Å². The van der Waals surface area contributed by atoms with Crippen molar-refractivity contribution in [2.45, 2.75) is 31.3 Å². The molecule has 0 saturated carbocycles. The summed E-state index contributed by atoms with van der Waals surface area (Å²) >= 11 is 9.50. The fourth-order valence-corrected chi connectivity index (χ4v) is 4.29. The minimum Gasteiger partial charge on any atom is -0.307 e. The Bertz CT molecular complexity index is 781. The van der Waals surface area contributed by atoms with Crippen LogP contribution in [-0.4, -0.2) is 19.7 Å². The van der Waals surface area contributed by atoms with Crippen LogP contribution in [0.4, 0.5) is 0 Å². The SMILES string of the molecule is CCn1c(C)nnc1SCc1csc(-c2ccccc2Cl)n1. The topological polar surface area (TPSA) is 43.6 Å². The molecule has 3 rings (SSSR count). The van der Waals surface area contributed by atoms with Gasteiger partial charge in [0.1, 0.15) is 10.8 Å². The second-order valence-corrected chi connectivity index (χ2v) is 6.89. The number of hydrogen-bond acceptors (Lipinski definition) is 5. The van der Waals surface area contributed by atoms with Crippen molar-refractivity contribution in [3.63, 3.8) is 0 Å². The van der Waals surface area contributed by atoms with E-state index in [0.29, 0.717) is 0 Å². The summed E-state index contributed by atoms with van der Waals surface area (Å²) in [6, 6.07) is 7.79. The van der Waals surface area contributed by atoms with Crippen LogP contribution in [0.5, 0.6) is 0 Å². The summed E-state index contributed by atoms with van der Waals surface area (Å²) in [5.41, 5.74) is 2.02. The van der Waals surface area contributed by atoms with Crippen molar-refractivity contribution >= 4 is 34.7 Å². The van der Waals surface area contributed by atoms with Crippen molar-refractivity contribution in [2.75, 3.05) is 0 Å². The van der Waals surface area contributed by atoms with Crippen LogP contribution in [0.2, 0.25) is 5.02 Å². The van der Waals surface area contributed by atoms with Crippen molar-refractivity contribution in [1.29, 1.82) is 0 Å². The van der Waals surface area contributed by atoms with Gasteiger partial charge in [-0.25, -0.2) is 4.98 Å². The Morgan fingerprint density at radius 1 is 1.27 bits per heavy atom. The van der Waals surface area contributed by atoms with Crippen LogP contribution in [0.15, 0.2) is 34.8 Å². The van der Waals surface area contributed by atoms with Gasteiger partial charge < -0.3 is 4.57 Å². The number of aryl methyl sites for hydroxylation is 1. The fraction of sp³-hybridized carbons (Fsp3) is 0.267. The van der Waals surface area contributed by atoms with Crippen molar-refractivity contribution < 1.29 is 0 Å². The summed E-state index contributed by atoms with van der Waals surface area (Å²) in [5.74, 6) is 1.72. The van der Waals surface area contributed by atoms with Gasteiger partial charge in [0.15, 0.2) is 5.16 Å². The average molecular weight is 351 g/mol. The highest BCUT2D eigenvalue weighted by Gasteiger charge is 2.11. The lowest BCUT2D eigenvalue weighted by Gasteiger charge is -2.03. The second kappa shape index (κ2) is 6.81. The highest BCUT2D eigenvalue weighted by molar-refractivity contribution is 7.98. The molecule has 0 aliphatic heterocycles. The van der Waals surface area contributed by atoms with Gasteiger partial charge >= 0.3 is 0 Å². The molecule has 0 saturated heterocycles. The maximum atomic E-state index is 6.22. The largest absolute Gasteiger partial charge is 0.307 e. The highest BCUT2D eigenvalue weighted by atomic mass is 35.5. The maximum absolute atomic E-state index is 6.22. The summed E-state index contributed by atoms with van der Waals surface area (Å²) < 4.78 is 2.10. The lowest BCUT2D eigenvalue weighted by Crippen LogP contribution is -1.99. The van der Waals surface area contributed by atoms with Crippen molar-refractivity contribution in [3.05, 3.63) is 46.2 Å². The number of thioether (sulfide) groups is 1. The molecular formula is C15H15ClN4S2. The van der Waals surface area contributed by atoms with Gasteiger partial charge in [0.05, 0.1) is 10.7 Å². The molecule has 22 heavy (non-hydrogen) atoms. The van der Waals surface area contributed by atoms with Gasteiger partial charge in [0.2, 0.25) is 0 Å². The molecule has 0 unspecified atom stereocenters. The maximum Gasteiger partial charge on any atom is 0.191 e. The summed E-state index contributed by atoms with van der Waals surface area (Å²) in [4.78, 5) is 4.67. The van der Waals surface area contributed by atoms with Crippen molar-refractivity contribution in [2.24, 2.45) is 0 Å². The summed E-state index contributed by atoms with van der Waals surface area (Å²) in [5, 5.41) is 13.0. The predicted octanol–water partition coefficient (Wildman–Crippen LogP) is 4.68. The third-order valence-electron chi connectivity index (χ3n) is 3.22. The molecule has 0 bridgehead atoms.